The molecule has 0 aliphatic carbocycles. The van der Waals surface area contributed by atoms with Crippen LogP contribution in [0.4, 0.5) is 0 Å². The van der Waals surface area contributed by atoms with Gasteiger partial charge in [-0.25, -0.2) is 4.52 Å². The summed E-state index contributed by atoms with van der Waals surface area (Å²) in [5, 5.41) is 4.24. The minimum atomic E-state index is 0.117. The largest absolute Gasteiger partial charge is 0.294 e. The van der Waals surface area contributed by atoms with Gasteiger partial charge in [-0.3, -0.25) is 4.79 Å². The zero-order valence-electron chi connectivity index (χ0n) is 12.6. The summed E-state index contributed by atoms with van der Waals surface area (Å²) in [6, 6.07) is 10.0. The van der Waals surface area contributed by atoms with E-state index >= 15 is 0 Å². The van der Waals surface area contributed by atoms with E-state index in [1.165, 1.54) is 16.7 Å². The molecule has 0 unspecified atom stereocenters. The maximum atomic E-state index is 12.6. The first-order chi connectivity index (χ1) is 10.1. The van der Waals surface area contributed by atoms with Crippen molar-refractivity contribution >= 4 is 11.3 Å². The van der Waals surface area contributed by atoms with Crippen LogP contribution in [0, 0.1) is 20.8 Å². The van der Waals surface area contributed by atoms with Gasteiger partial charge in [0, 0.05) is 12.6 Å². The second-order valence-electron chi connectivity index (χ2n) is 5.57. The molecule has 0 N–H and O–H groups in total. The molecule has 0 aliphatic rings. The summed E-state index contributed by atoms with van der Waals surface area (Å²) in [4.78, 5) is 12.6. The van der Waals surface area contributed by atoms with Crippen LogP contribution in [-0.2, 0) is 6.42 Å². The Morgan fingerprint density at radius 1 is 1.14 bits per heavy atom. The van der Waals surface area contributed by atoms with Crippen LogP contribution in [0.2, 0.25) is 0 Å². The number of benzene rings is 1. The Balaban J connectivity index is 1.97. The van der Waals surface area contributed by atoms with E-state index in [2.05, 4.69) is 38.0 Å². The third-order valence-corrected chi connectivity index (χ3v) is 3.90. The zero-order chi connectivity index (χ0) is 15.0. The fourth-order valence-electron chi connectivity index (χ4n) is 2.89. The van der Waals surface area contributed by atoms with Gasteiger partial charge < -0.3 is 0 Å². The van der Waals surface area contributed by atoms with Gasteiger partial charge in [-0.15, -0.1) is 0 Å². The molecule has 0 radical (unpaired) electrons. The van der Waals surface area contributed by atoms with Crippen LogP contribution in [0.15, 0.2) is 42.7 Å². The van der Waals surface area contributed by atoms with Crippen molar-refractivity contribution < 1.29 is 4.79 Å². The van der Waals surface area contributed by atoms with Crippen molar-refractivity contribution in [1.82, 2.24) is 9.61 Å². The second-order valence-corrected chi connectivity index (χ2v) is 5.57. The van der Waals surface area contributed by atoms with Crippen molar-refractivity contribution in [2.24, 2.45) is 0 Å². The molecular formula is C18H18N2O. The van der Waals surface area contributed by atoms with Crippen LogP contribution in [0.25, 0.3) is 5.52 Å². The molecule has 0 amide bonds. The van der Waals surface area contributed by atoms with Crippen LogP contribution in [-0.4, -0.2) is 15.4 Å². The van der Waals surface area contributed by atoms with E-state index in [0.29, 0.717) is 12.0 Å². The smallest absolute Gasteiger partial charge is 0.171 e. The predicted molar refractivity (Wildman–Crippen MR) is 83.9 cm³/mol. The number of Topliss-reactive ketones (excluding diaryl/α,β-unsaturated/α-hetero) is 1. The molecule has 3 nitrogen and oxygen atoms in total. The molecule has 3 rings (SSSR count). The summed E-state index contributed by atoms with van der Waals surface area (Å²) >= 11 is 0. The lowest BCUT2D eigenvalue weighted by Gasteiger charge is -2.10. The van der Waals surface area contributed by atoms with Crippen LogP contribution in [0.3, 0.4) is 0 Å². The van der Waals surface area contributed by atoms with Gasteiger partial charge in [0.15, 0.2) is 5.78 Å². The maximum Gasteiger partial charge on any atom is 0.171 e. The van der Waals surface area contributed by atoms with Crippen LogP contribution < -0.4 is 0 Å². The molecule has 2 aromatic heterocycles. The van der Waals surface area contributed by atoms with Crippen molar-refractivity contribution in [2.45, 2.75) is 27.2 Å². The van der Waals surface area contributed by atoms with E-state index < -0.39 is 0 Å². The van der Waals surface area contributed by atoms with E-state index in [1.807, 2.05) is 24.4 Å². The molecule has 2 heterocycles. The Morgan fingerprint density at radius 3 is 2.57 bits per heavy atom. The summed E-state index contributed by atoms with van der Waals surface area (Å²) < 4.78 is 1.74. The fourth-order valence-corrected chi connectivity index (χ4v) is 2.89. The second kappa shape index (κ2) is 5.17. The van der Waals surface area contributed by atoms with Gasteiger partial charge in [-0.2, -0.15) is 5.10 Å². The SMILES string of the molecule is Cc1cc(C)c(CC(=O)c2cnn3ccccc23)c(C)c1. The van der Waals surface area contributed by atoms with E-state index in [-0.39, 0.29) is 5.78 Å². The van der Waals surface area contributed by atoms with Gasteiger partial charge in [-0.05, 0) is 49.6 Å². The van der Waals surface area contributed by atoms with E-state index in [9.17, 15) is 4.79 Å². The van der Waals surface area contributed by atoms with Crippen molar-refractivity contribution in [1.29, 1.82) is 0 Å². The minimum absolute atomic E-state index is 0.117. The molecule has 21 heavy (non-hydrogen) atoms. The summed E-state index contributed by atoms with van der Waals surface area (Å²) in [6.07, 6.45) is 3.94. The molecule has 0 spiro atoms. The highest BCUT2D eigenvalue weighted by atomic mass is 16.1. The van der Waals surface area contributed by atoms with Crippen molar-refractivity contribution in [3.8, 4) is 0 Å². The number of ketones is 1. The minimum Gasteiger partial charge on any atom is -0.294 e. The molecule has 0 fully saturated rings. The van der Waals surface area contributed by atoms with Gasteiger partial charge in [0.25, 0.3) is 0 Å². The molecule has 3 aromatic rings. The number of hydrogen-bond acceptors (Lipinski definition) is 2. The third kappa shape index (κ3) is 2.47. The zero-order valence-corrected chi connectivity index (χ0v) is 12.6. The first-order valence-corrected chi connectivity index (χ1v) is 7.08. The number of aromatic nitrogens is 2. The topological polar surface area (TPSA) is 34.4 Å². The lowest BCUT2D eigenvalue weighted by molar-refractivity contribution is 0.0994. The molecule has 0 bridgehead atoms. The van der Waals surface area contributed by atoms with Gasteiger partial charge in [0.05, 0.1) is 17.3 Å². The van der Waals surface area contributed by atoms with E-state index in [4.69, 9.17) is 0 Å². The molecule has 0 atom stereocenters. The van der Waals surface area contributed by atoms with Crippen LogP contribution in [0.1, 0.15) is 32.6 Å². The van der Waals surface area contributed by atoms with Gasteiger partial charge in [-0.1, -0.05) is 23.8 Å². The Labute approximate surface area is 124 Å². The molecule has 1 aromatic carbocycles. The number of nitrogens with zero attached hydrogens (tertiary/aromatic N) is 2. The quantitative estimate of drug-likeness (QED) is 0.685. The maximum absolute atomic E-state index is 12.6. The highest BCUT2D eigenvalue weighted by molar-refractivity contribution is 6.03. The monoisotopic (exact) mass is 278 g/mol. The highest BCUT2D eigenvalue weighted by Gasteiger charge is 2.15. The number of carbonyl (C=O) groups excluding carboxylic acids is 1. The molecule has 106 valence electrons. The Hall–Kier alpha value is -2.42. The molecule has 0 saturated carbocycles. The number of aryl methyl sites for hydroxylation is 3. The first-order valence-electron chi connectivity index (χ1n) is 7.08. The summed E-state index contributed by atoms with van der Waals surface area (Å²) in [5.74, 6) is 0.117. The lowest BCUT2D eigenvalue weighted by atomic mass is 9.94. The normalized spacial score (nSPS) is 11.0. The summed E-state index contributed by atoms with van der Waals surface area (Å²) in [7, 11) is 0. The first kappa shape index (κ1) is 13.6. The molecule has 3 heteroatoms. The summed E-state index contributed by atoms with van der Waals surface area (Å²) in [5.41, 5.74) is 6.27. The Bertz CT molecular complexity index is 807. The van der Waals surface area contributed by atoms with Crippen molar-refractivity contribution in [2.75, 3.05) is 0 Å². The van der Waals surface area contributed by atoms with E-state index in [0.717, 1.165) is 11.1 Å². The third-order valence-electron chi connectivity index (χ3n) is 3.90. The van der Waals surface area contributed by atoms with E-state index in [1.54, 1.807) is 10.7 Å². The standard InChI is InChI=1S/C18H18N2O/c1-12-8-13(2)15(14(3)9-12)10-18(21)16-11-19-20-7-5-4-6-17(16)20/h4-9,11H,10H2,1-3H3. The number of pyridine rings is 1. The van der Waals surface area contributed by atoms with Crippen molar-refractivity contribution in [3.05, 3.63) is 70.5 Å². The average Bonchev–Trinajstić information content (AvgIpc) is 2.86. The number of carbonyl (C=O) groups is 1. The average molecular weight is 278 g/mol. The molecular weight excluding hydrogens is 260 g/mol. The predicted octanol–water partition coefficient (Wildman–Crippen LogP) is 3.68. The lowest BCUT2D eigenvalue weighted by Crippen LogP contribution is -2.06. The Morgan fingerprint density at radius 2 is 1.86 bits per heavy atom. The number of rotatable bonds is 3. The highest BCUT2D eigenvalue weighted by Crippen LogP contribution is 2.20. The van der Waals surface area contributed by atoms with Crippen LogP contribution >= 0.6 is 0 Å². The van der Waals surface area contributed by atoms with Crippen molar-refractivity contribution in [3.63, 3.8) is 0 Å². The number of hydrogen-bond donors (Lipinski definition) is 0. The molecule has 0 aliphatic heterocycles. The fraction of sp³-hybridized carbons (Fsp3) is 0.222. The molecule has 0 saturated heterocycles. The van der Waals surface area contributed by atoms with Gasteiger partial charge in [0.1, 0.15) is 0 Å². The summed E-state index contributed by atoms with van der Waals surface area (Å²) in [6.45, 7) is 6.22. The van der Waals surface area contributed by atoms with Gasteiger partial charge in [0.2, 0.25) is 0 Å². The number of fused-ring (bicyclic) bond motifs is 1. The van der Waals surface area contributed by atoms with Crippen LogP contribution in [0.5, 0.6) is 0 Å². The Kier molecular flexibility index (Phi) is 3.34. The van der Waals surface area contributed by atoms with Gasteiger partial charge >= 0.3 is 0 Å².